The highest BCUT2D eigenvalue weighted by Gasteiger charge is 2.08. The summed E-state index contributed by atoms with van der Waals surface area (Å²) in [6, 6.07) is 11.9. The molecule has 0 aliphatic carbocycles. The third kappa shape index (κ3) is 5.83. The van der Waals surface area contributed by atoms with Gasteiger partial charge in [0.2, 0.25) is 0 Å². The van der Waals surface area contributed by atoms with Gasteiger partial charge < -0.3 is 9.47 Å². The number of ether oxygens (including phenoxy) is 2. The molecule has 1 N–H and O–H groups in total. The van der Waals surface area contributed by atoms with E-state index in [0.29, 0.717) is 24.0 Å². The van der Waals surface area contributed by atoms with Gasteiger partial charge in [-0.3, -0.25) is 14.2 Å². The van der Waals surface area contributed by atoms with Gasteiger partial charge in [-0.05, 0) is 43.3 Å². The predicted octanol–water partition coefficient (Wildman–Crippen LogP) is 3.81. The number of rotatable bonds is 7. The molecule has 0 spiro atoms. The molecule has 0 aliphatic rings. The Bertz CT molecular complexity index is 866. The summed E-state index contributed by atoms with van der Waals surface area (Å²) >= 11 is 1.48. The zero-order valence-corrected chi connectivity index (χ0v) is 16.7. The first-order chi connectivity index (χ1) is 13.6. The molecule has 0 bridgehead atoms. The molecule has 0 unspecified atom stereocenters. The molecule has 0 atom stereocenters. The summed E-state index contributed by atoms with van der Waals surface area (Å²) in [6.07, 6.45) is 4.02. The van der Waals surface area contributed by atoms with E-state index < -0.39 is 0 Å². The van der Waals surface area contributed by atoms with Crippen LogP contribution in [-0.4, -0.2) is 37.3 Å². The van der Waals surface area contributed by atoms with Crippen LogP contribution in [0.4, 0.5) is 4.39 Å². The summed E-state index contributed by atoms with van der Waals surface area (Å²) in [5, 5.41) is 3.98. The van der Waals surface area contributed by atoms with Crippen molar-refractivity contribution in [1.29, 1.82) is 0 Å². The fourth-order valence-electron chi connectivity index (χ4n) is 2.35. The van der Waals surface area contributed by atoms with Crippen LogP contribution in [0.3, 0.4) is 0 Å². The summed E-state index contributed by atoms with van der Waals surface area (Å²) in [7, 11) is 5.15. The molecule has 3 rings (SSSR count). The Hall–Kier alpha value is -2.84. The Morgan fingerprint density at radius 2 is 1.89 bits per heavy atom. The third-order valence-electron chi connectivity index (χ3n) is 3.69. The topological polar surface area (TPSA) is 65.4 Å². The minimum atomic E-state index is -0.380. The minimum Gasteiger partial charge on any atom is -0.495 e. The van der Waals surface area contributed by atoms with E-state index in [9.17, 15) is 9.18 Å². The van der Waals surface area contributed by atoms with Crippen molar-refractivity contribution in [3.05, 3.63) is 71.8 Å². The summed E-state index contributed by atoms with van der Waals surface area (Å²) in [4.78, 5) is 11.4. The van der Waals surface area contributed by atoms with Crippen molar-refractivity contribution in [2.24, 2.45) is 0 Å². The standard InChI is InChI=1S/C11H9FN2O.C9H13NO2S/c12-11-6-9(8-15)2-3-10(11)7-14-5-1-4-13-14;1-10-13-9-7(11-2)5-4-6-8(9)12-3/h1-6,8H,7H2;4-6,10H,1-3H3. The van der Waals surface area contributed by atoms with Gasteiger partial charge in [0, 0.05) is 23.5 Å². The normalized spacial score (nSPS) is 10.0. The molecule has 8 heteroatoms. The molecular weight excluding hydrogens is 381 g/mol. The maximum Gasteiger partial charge on any atom is 0.150 e. The van der Waals surface area contributed by atoms with Gasteiger partial charge in [-0.1, -0.05) is 18.2 Å². The predicted molar refractivity (Wildman–Crippen MR) is 108 cm³/mol. The number of halogens is 1. The molecule has 0 radical (unpaired) electrons. The first-order valence-corrected chi connectivity index (χ1v) is 9.20. The largest absolute Gasteiger partial charge is 0.495 e. The van der Waals surface area contributed by atoms with E-state index in [1.165, 1.54) is 18.0 Å². The molecule has 2 aromatic carbocycles. The van der Waals surface area contributed by atoms with Gasteiger partial charge in [0.15, 0.2) is 0 Å². The van der Waals surface area contributed by atoms with E-state index >= 15 is 0 Å². The van der Waals surface area contributed by atoms with Gasteiger partial charge in [-0.2, -0.15) is 5.10 Å². The molecule has 28 heavy (non-hydrogen) atoms. The van der Waals surface area contributed by atoms with Crippen LogP contribution < -0.4 is 14.2 Å². The van der Waals surface area contributed by atoms with Crippen LogP contribution in [0.2, 0.25) is 0 Å². The van der Waals surface area contributed by atoms with Crippen LogP contribution in [0.15, 0.2) is 59.8 Å². The Kier molecular flexibility index (Phi) is 8.51. The first kappa shape index (κ1) is 21.5. The monoisotopic (exact) mass is 403 g/mol. The zero-order valence-electron chi connectivity index (χ0n) is 15.9. The first-order valence-electron chi connectivity index (χ1n) is 8.38. The Balaban J connectivity index is 0.000000203. The maximum atomic E-state index is 13.4. The SMILES string of the molecule is CNSc1c(OC)cccc1OC.O=Cc1ccc(Cn2cccn2)c(F)c1. The smallest absolute Gasteiger partial charge is 0.150 e. The Morgan fingerprint density at radius 3 is 2.39 bits per heavy atom. The fourth-order valence-corrected chi connectivity index (χ4v) is 3.06. The number of nitrogens with one attached hydrogen (secondary N) is 1. The number of carbonyl (C=O) groups excluding carboxylic acids is 1. The highest BCUT2D eigenvalue weighted by Crippen LogP contribution is 2.35. The van der Waals surface area contributed by atoms with Crippen LogP contribution in [0.5, 0.6) is 11.5 Å². The van der Waals surface area contributed by atoms with Crippen molar-refractivity contribution >= 4 is 18.2 Å². The quantitative estimate of drug-likeness (QED) is 0.478. The second-order valence-corrected chi connectivity index (χ2v) is 6.49. The number of hydrogen-bond donors (Lipinski definition) is 1. The zero-order chi connectivity index (χ0) is 20.4. The van der Waals surface area contributed by atoms with E-state index in [1.54, 1.807) is 49.5 Å². The molecule has 3 aromatic rings. The number of nitrogens with zero attached hydrogens (tertiary/aromatic N) is 2. The second kappa shape index (κ2) is 11.1. The van der Waals surface area contributed by atoms with E-state index in [2.05, 4.69) is 9.82 Å². The van der Waals surface area contributed by atoms with Crippen molar-refractivity contribution in [2.75, 3.05) is 21.3 Å². The molecule has 0 fully saturated rings. The molecule has 6 nitrogen and oxygen atoms in total. The van der Waals surface area contributed by atoms with Gasteiger partial charge in [-0.15, -0.1) is 0 Å². The van der Waals surface area contributed by atoms with Crippen LogP contribution in [0.25, 0.3) is 0 Å². The molecular formula is C20H22FN3O3S. The number of carbonyl (C=O) groups is 1. The summed E-state index contributed by atoms with van der Waals surface area (Å²) < 4.78 is 28.4. The molecule has 1 heterocycles. The maximum absolute atomic E-state index is 13.4. The lowest BCUT2D eigenvalue weighted by Gasteiger charge is -2.10. The summed E-state index contributed by atoms with van der Waals surface area (Å²) in [5.74, 6) is 1.26. The van der Waals surface area contributed by atoms with Gasteiger partial charge >= 0.3 is 0 Å². The van der Waals surface area contributed by atoms with Crippen LogP contribution in [0.1, 0.15) is 15.9 Å². The average Bonchev–Trinajstić information content (AvgIpc) is 3.23. The van der Waals surface area contributed by atoms with Gasteiger partial charge in [0.25, 0.3) is 0 Å². The second-order valence-electron chi connectivity index (χ2n) is 5.47. The van der Waals surface area contributed by atoms with Crippen molar-refractivity contribution < 1.29 is 18.7 Å². The molecule has 1 aromatic heterocycles. The number of benzene rings is 2. The van der Waals surface area contributed by atoms with Crippen molar-refractivity contribution in [1.82, 2.24) is 14.5 Å². The average molecular weight is 403 g/mol. The Labute approximate surface area is 167 Å². The highest BCUT2D eigenvalue weighted by atomic mass is 32.2. The molecule has 148 valence electrons. The van der Waals surface area contributed by atoms with Gasteiger partial charge in [0.05, 0.1) is 20.8 Å². The molecule has 0 saturated carbocycles. The highest BCUT2D eigenvalue weighted by molar-refractivity contribution is 7.97. The van der Waals surface area contributed by atoms with Crippen LogP contribution in [-0.2, 0) is 6.54 Å². The summed E-state index contributed by atoms with van der Waals surface area (Å²) in [5.41, 5.74) is 0.862. The van der Waals surface area contributed by atoms with Crippen molar-refractivity contribution in [3.8, 4) is 11.5 Å². The molecule has 0 saturated heterocycles. The molecule has 0 aliphatic heterocycles. The van der Waals surface area contributed by atoms with Crippen molar-refractivity contribution in [3.63, 3.8) is 0 Å². The lowest BCUT2D eigenvalue weighted by molar-refractivity contribution is 0.112. The number of aldehydes is 1. The van der Waals surface area contributed by atoms with E-state index in [4.69, 9.17) is 9.47 Å². The number of hydrogen-bond acceptors (Lipinski definition) is 6. The van der Waals surface area contributed by atoms with E-state index in [-0.39, 0.29) is 5.82 Å². The van der Waals surface area contributed by atoms with E-state index in [0.717, 1.165) is 16.4 Å². The Morgan fingerprint density at radius 1 is 1.18 bits per heavy atom. The minimum absolute atomic E-state index is 0.344. The lowest BCUT2D eigenvalue weighted by atomic mass is 10.1. The van der Waals surface area contributed by atoms with Gasteiger partial charge in [0.1, 0.15) is 28.5 Å². The molecule has 0 amide bonds. The third-order valence-corrected chi connectivity index (χ3v) is 4.50. The van der Waals surface area contributed by atoms with Crippen molar-refractivity contribution in [2.45, 2.75) is 11.4 Å². The summed E-state index contributed by atoms with van der Waals surface area (Å²) in [6.45, 7) is 0.373. The number of methoxy groups -OCH3 is 2. The van der Waals surface area contributed by atoms with Crippen LogP contribution >= 0.6 is 11.9 Å². The number of aromatic nitrogens is 2. The van der Waals surface area contributed by atoms with Crippen LogP contribution in [0, 0.1) is 5.82 Å². The van der Waals surface area contributed by atoms with E-state index in [1.807, 2.05) is 25.2 Å². The lowest BCUT2D eigenvalue weighted by Crippen LogP contribution is -2.02. The van der Waals surface area contributed by atoms with Gasteiger partial charge in [-0.25, -0.2) is 4.39 Å². The fraction of sp³-hybridized carbons (Fsp3) is 0.200.